The Morgan fingerprint density at radius 3 is 2.59 bits per heavy atom. The molecule has 3 nitrogen and oxygen atoms in total. The third-order valence-corrected chi connectivity index (χ3v) is 4.86. The molecule has 0 aliphatic carbocycles. The van der Waals surface area contributed by atoms with Crippen LogP contribution in [0.1, 0.15) is 67.6 Å². The predicted molar refractivity (Wildman–Crippen MR) is 91.4 cm³/mol. The number of aryl methyl sites for hydroxylation is 1. The topological polar surface area (TPSA) is 35.5 Å². The van der Waals surface area contributed by atoms with Crippen molar-refractivity contribution in [2.75, 3.05) is 0 Å². The molecule has 3 atom stereocenters. The second kappa shape index (κ2) is 6.32. The molecule has 0 spiro atoms. The van der Waals surface area contributed by atoms with E-state index in [1.54, 1.807) is 0 Å². The molecule has 0 aromatic heterocycles. The molecule has 0 fully saturated rings. The molecular weight excluding hydrogens is 344 g/mol. The van der Waals surface area contributed by atoms with E-state index in [2.05, 4.69) is 41.9 Å². The number of fused-ring (bicyclic) bond motifs is 1. The molecule has 122 valence electrons. The fourth-order valence-electron chi connectivity index (χ4n) is 2.87. The maximum Gasteiger partial charge on any atom is 0.324 e. The third kappa shape index (κ3) is 3.72. The van der Waals surface area contributed by atoms with E-state index in [9.17, 15) is 4.79 Å². The molecule has 1 unspecified atom stereocenters. The van der Waals surface area contributed by atoms with Gasteiger partial charge in [-0.1, -0.05) is 40.5 Å². The molecule has 22 heavy (non-hydrogen) atoms. The Morgan fingerprint density at radius 2 is 2.00 bits per heavy atom. The highest BCUT2D eigenvalue weighted by Crippen LogP contribution is 2.40. The second-order valence-electron chi connectivity index (χ2n) is 7.13. The highest BCUT2D eigenvalue weighted by molar-refractivity contribution is 9.09. The average Bonchev–Trinajstić information content (AvgIpc) is 2.39. The number of benzene rings is 1. The van der Waals surface area contributed by atoms with Gasteiger partial charge in [0.15, 0.2) is 0 Å². The maximum atomic E-state index is 12.4. The summed E-state index contributed by atoms with van der Waals surface area (Å²) in [6, 6.07) is 4.23. The van der Waals surface area contributed by atoms with Gasteiger partial charge in [-0.25, -0.2) is 0 Å². The first-order valence-electron chi connectivity index (χ1n) is 7.72. The van der Waals surface area contributed by atoms with Crippen LogP contribution < -0.4 is 0 Å². The summed E-state index contributed by atoms with van der Waals surface area (Å²) in [5.41, 5.74) is 4.04. The number of rotatable bonds is 2. The first-order valence-corrected chi connectivity index (χ1v) is 8.63. The minimum Gasteiger partial charge on any atom is -0.459 e. The van der Waals surface area contributed by atoms with Gasteiger partial charge in [-0.15, -0.1) is 0 Å². The smallest absolute Gasteiger partial charge is 0.324 e. The summed E-state index contributed by atoms with van der Waals surface area (Å²) in [5, 5.41) is 0. The van der Waals surface area contributed by atoms with Crippen LogP contribution in [0, 0.1) is 6.92 Å². The van der Waals surface area contributed by atoms with Gasteiger partial charge in [0.05, 0.1) is 12.7 Å². The zero-order chi connectivity index (χ0) is 16.7. The molecule has 1 aromatic carbocycles. The second-order valence-corrected chi connectivity index (χ2v) is 8.04. The van der Waals surface area contributed by atoms with Crippen molar-refractivity contribution in [1.29, 1.82) is 0 Å². The first-order chi connectivity index (χ1) is 10.1. The van der Waals surface area contributed by atoms with Crippen LogP contribution >= 0.6 is 15.9 Å². The first kappa shape index (κ1) is 17.5. The monoisotopic (exact) mass is 368 g/mol. The molecule has 0 saturated heterocycles. The lowest BCUT2D eigenvalue weighted by molar-refractivity contribution is -0.154. The zero-order valence-electron chi connectivity index (χ0n) is 14.2. The quantitative estimate of drug-likeness (QED) is 0.555. The number of alkyl halides is 1. The van der Waals surface area contributed by atoms with Crippen molar-refractivity contribution in [1.82, 2.24) is 0 Å². The van der Waals surface area contributed by atoms with Crippen LogP contribution in [0.25, 0.3) is 0 Å². The number of carbonyl (C=O) groups excluding carboxylic acids is 1. The van der Waals surface area contributed by atoms with Gasteiger partial charge in [0.1, 0.15) is 10.4 Å². The Kier molecular flexibility index (Phi) is 5.03. The molecule has 4 heteroatoms. The van der Waals surface area contributed by atoms with E-state index in [1.807, 2.05) is 27.7 Å². The zero-order valence-corrected chi connectivity index (χ0v) is 15.8. The summed E-state index contributed by atoms with van der Waals surface area (Å²) >= 11 is 3.55. The predicted octanol–water partition coefficient (Wildman–Crippen LogP) is 4.79. The summed E-state index contributed by atoms with van der Waals surface area (Å²) in [4.78, 5) is 12.0. The lowest BCUT2D eigenvalue weighted by atomic mass is 9.84. The number of carbonyl (C=O) groups is 1. The van der Waals surface area contributed by atoms with Crippen LogP contribution in [0.3, 0.4) is 0 Å². The van der Waals surface area contributed by atoms with Crippen LogP contribution in [0.4, 0.5) is 0 Å². The van der Waals surface area contributed by atoms with Crippen LogP contribution in [-0.2, 0) is 20.9 Å². The molecule has 0 radical (unpaired) electrons. The minimum absolute atomic E-state index is 0.146. The fraction of sp³-hybridized carbons (Fsp3) is 0.611. The van der Waals surface area contributed by atoms with Crippen molar-refractivity contribution in [3.8, 4) is 0 Å². The van der Waals surface area contributed by atoms with E-state index in [0.29, 0.717) is 6.61 Å². The standard InChI is InChI=1S/C18H25BrO3/c1-10-7-13-9-21-12(3)11(2)15(13)14(8-10)16(19)17(20)22-18(4,5)6/h7-8,11-12,16H,9H2,1-6H3/t11-,12-,16?/m1/s1. The lowest BCUT2D eigenvalue weighted by Crippen LogP contribution is -2.29. The summed E-state index contributed by atoms with van der Waals surface area (Å²) in [7, 11) is 0. The van der Waals surface area contributed by atoms with Gasteiger partial charge in [-0.3, -0.25) is 4.79 Å². The summed E-state index contributed by atoms with van der Waals surface area (Å²) in [5.74, 6) is 0.00785. The number of ether oxygens (including phenoxy) is 2. The normalized spacial score (nSPS) is 22.9. The van der Waals surface area contributed by atoms with Gasteiger partial charge < -0.3 is 9.47 Å². The van der Waals surface area contributed by atoms with Crippen molar-refractivity contribution in [2.45, 2.75) is 70.6 Å². The van der Waals surface area contributed by atoms with Crippen LogP contribution in [0.5, 0.6) is 0 Å². The Balaban J connectivity index is 2.42. The number of esters is 1. The summed E-state index contributed by atoms with van der Waals surface area (Å²) < 4.78 is 11.3. The Hall–Kier alpha value is -0.870. The molecule has 0 bridgehead atoms. The van der Waals surface area contributed by atoms with Crippen LogP contribution in [0.2, 0.25) is 0 Å². The number of hydrogen-bond acceptors (Lipinski definition) is 3. The fourth-order valence-corrected chi connectivity index (χ4v) is 3.34. The van der Waals surface area contributed by atoms with E-state index in [1.165, 1.54) is 11.1 Å². The van der Waals surface area contributed by atoms with Crippen molar-refractivity contribution in [3.63, 3.8) is 0 Å². The molecule has 1 aliphatic rings. The van der Waals surface area contributed by atoms with Gasteiger partial charge in [0, 0.05) is 5.92 Å². The molecule has 1 heterocycles. The largest absolute Gasteiger partial charge is 0.459 e. The van der Waals surface area contributed by atoms with E-state index in [4.69, 9.17) is 9.47 Å². The van der Waals surface area contributed by atoms with Crippen molar-refractivity contribution in [3.05, 3.63) is 34.4 Å². The van der Waals surface area contributed by atoms with Gasteiger partial charge in [0.25, 0.3) is 0 Å². The van der Waals surface area contributed by atoms with Crippen LogP contribution in [0.15, 0.2) is 12.1 Å². The Bertz CT molecular complexity index is 574. The third-order valence-electron chi connectivity index (χ3n) is 3.99. The van der Waals surface area contributed by atoms with E-state index < -0.39 is 10.4 Å². The summed E-state index contributed by atoms with van der Waals surface area (Å²) in [6.45, 7) is 12.5. The van der Waals surface area contributed by atoms with E-state index in [-0.39, 0.29) is 18.0 Å². The van der Waals surface area contributed by atoms with Crippen LogP contribution in [-0.4, -0.2) is 17.7 Å². The highest BCUT2D eigenvalue weighted by atomic mass is 79.9. The van der Waals surface area contributed by atoms with Gasteiger partial charge in [-0.2, -0.15) is 0 Å². The van der Waals surface area contributed by atoms with Gasteiger partial charge in [-0.05, 0) is 51.3 Å². The van der Waals surface area contributed by atoms with E-state index >= 15 is 0 Å². The maximum absolute atomic E-state index is 12.4. The molecule has 0 amide bonds. The Morgan fingerprint density at radius 1 is 1.36 bits per heavy atom. The Labute approximate surface area is 141 Å². The molecule has 0 N–H and O–H groups in total. The molecule has 1 aliphatic heterocycles. The molecule has 2 rings (SSSR count). The molecular formula is C18H25BrO3. The minimum atomic E-state index is -0.491. The lowest BCUT2D eigenvalue weighted by Gasteiger charge is -2.32. The average molecular weight is 369 g/mol. The van der Waals surface area contributed by atoms with Gasteiger partial charge >= 0.3 is 5.97 Å². The van der Waals surface area contributed by atoms with E-state index in [0.717, 1.165) is 11.1 Å². The number of hydrogen-bond donors (Lipinski definition) is 0. The number of halogens is 1. The highest BCUT2D eigenvalue weighted by Gasteiger charge is 2.32. The molecule has 1 aromatic rings. The van der Waals surface area contributed by atoms with Crippen molar-refractivity contribution < 1.29 is 14.3 Å². The van der Waals surface area contributed by atoms with Gasteiger partial charge in [0.2, 0.25) is 0 Å². The molecule has 0 saturated carbocycles. The summed E-state index contributed by atoms with van der Waals surface area (Å²) in [6.07, 6.45) is 0.146. The SMILES string of the molecule is Cc1cc2c(c(C(Br)C(=O)OC(C)(C)C)c1)[C@H](C)[C@@H](C)OC2. The van der Waals surface area contributed by atoms with Crippen molar-refractivity contribution >= 4 is 21.9 Å². The van der Waals surface area contributed by atoms with Crippen molar-refractivity contribution in [2.24, 2.45) is 0 Å².